The zero-order chi connectivity index (χ0) is 8.72. The number of aromatic nitrogens is 1. The van der Waals surface area contributed by atoms with E-state index in [0.29, 0.717) is 5.39 Å². The number of hydrogen-bond acceptors (Lipinski definition) is 1. The summed E-state index contributed by atoms with van der Waals surface area (Å²) in [5.74, 6) is -0.328. The van der Waals surface area contributed by atoms with Gasteiger partial charge in [0.25, 0.3) is 0 Å². The summed E-state index contributed by atoms with van der Waals surface area (Å²) in [6.45, 7) is 1.85. The van der Waals surface area contributed by atoms with Crippen LogP contribution in [0.15, 0.2) is 18.3 Å². The molecule has 0 amide bonds. The van der Waals surface area contributed by atoms with E-state index in [-0.39, 0.29) is 11.5 Å². The number of aromatic amines is 1. The molecule has 0 saturated heterocycles. The molecule has 0 fully saturated rings. The zero-order valence-corrected chi connectivity index (χ0v) is 6.69. The van der Waals surface area contributed by atoms with Crippen LogP contribution in [0.5, 0.6) is 0 Å². The SMILES string of the molecule is Cc1c[nH]c2ccc(N)c(F)c12. The van der Waals surface area contributed by atoms with Gasteiger partial charge in [0.2, 0.25) is 0 Å². The van der Waals surface area contributed by atoms with Crippen LogP contribution in [0.4, 0.5) is 10.1 Å². The highest BCUT2D eigenvalue weighted by Crippen LogP contribution is 2.24. The lowest BCUT2D eigenvalue weighted by Crippen LogP contribution is -1.90. The summed E-state index contributed by atoms with van der Waals surface area (Å²) in [5, 5.41) is 0.593. The fourth-order valence-corrected chi connectivity index (χ4v) is 1.36. The molecule has 0 bridgehead atoms. The van der Waals surface area contributed by atoms with Gasteiger partial charge in [-0.1, -0.05) is 0 Å². The molecule has 3 heteroatoms. The number of nitrogens with two attached hydrogens (primary N) is 1. The summed E-state index contributed by atoms with van der Waals surface area (Å²) >= 11 is 0. The van der Waals surface area contributed by atoms with E-state index in [4.69, 9.17) is 5.73 Å². The Labute approximate surface area is 69.2 Å². The van der Waals surface area contributed by atoms with E-state index in [2.05, 4.69) is 4.98 Å². The van der Waals surface area contributed by atoms with Crippen molar-refractivity contribution in [1.29, 1.82) is 0 Å². The van der Waals surface area contributed by atoms with Crippen LogP contribution in [-0.2, 0) is 0 Å². The fraction of sp³-hybridized carbons (Fsp3) is 0.111. The monoisotopic (exact) mass is 164 g/mol. The topological polar surface area (TPSA) is 41.8 Å². The van der Waals surface area contributed by atoms with Crippen LogP contribution >= 0.6 is 0 Å². The summed E-state index contributed by atoms with van der Waals surface area (Å²) in [7, 11) is 0. The van der Waals surface area contributed by atoms with Crippen molar-refractivity contribution < 1.29 is 4.39 Å². The first kappa shape index (κ1) is 7.16. The highest BCUT2D eigenvalue weighted by atomic mass is 19.1. The quantitative estimate of drug-likeness (QED) is 0.576. The number of nitrogens with one attached hydrogen (secondary N) is 1. The predicted octanol–water partition coefficient (Wildman–Crippen LogP) is 2.20. The molecule has 0 aliphatic heterocycles. The number of nitrogen functional groups attached to an aromatic ring is 1. The molecule has 0 spiro atoms. The van der Waals surface area contributed by atoms with Crippen molar-refractivity contribution in [2.45, 2.75) is 6.92 Å². The molecule has 0 atom stereocenters. The van der Waals surface area contributed by atoms with Crippen LogP contribution < -0.4 is 5.73 Å². The standard InChI is InChI=1S/C9H9FN2/c1-5-4-12-7-3-2-6(11)9(10)8(5)7/h2-4,12H,11H2,1H3. The molecule has 2 aromatic rings. The number of benzene rings is 1. The Bertz CT molecular complexity index is 431. The lowest BCUT2D eigenvalue weighted by molar-refractivity contribution is 0.644. The molecular weight excluding hydrogens is 155 g/mol. The molecule has 0 radical (unpaired) electrons. The minimum atomic E-state index is -0.328. The summed E-state index contributed by atoms with van der Waals surface area (Å²) in [5.41, 5.74) is 7.30. The molecule has 62 valence electrons. The van der Waals surface area contributed by atoms with Crippen molar-refractivity contribution >= 4 is 16.6 Å². The van der Waals surface area contributed by atoms with E-state index in [1.165, 1.54) is 0 Å². The van der Waals surface area contributed by atoms with Crippen molar-refractivity contribution in [3.05, 3.63) is 29.7 Å². The van der Waals surface area contributed by atoms with E-state index < -0.39 is 0 Å². The Balaban J connectivity index is 2.96. The van der Waals surface area contributed by atoms with Crippen molar-refractivity contribution in [3.63, 3.8) is 0 Å². The molecule has 12 heavy (non-hydrogen) atoms. The van der Waals surface area contributed by atoms with Gasteiger partial charge in [0.15, 0.2) is 5.82 Å². The second-order valence-electron chi connectivity index (χ2n) is 2.86. The van der Waals surface area contributed by atoms with Gasteiger partial charge in [0, 0.05) is 17.1 Å². The first-order valence-electron chi connectivity index (χ1n) is 3.72. The van der Waals surface area contributed by atoms with Crippen molar-refractivity contribution in [2.75, 3.05) is 5.73 Å². The van der Waals surface area contributed by atoms with Gasteiger partial charge >= 0.3 is 0 Å². The second-order valence-corrected chi connectivity index (χ2v) is 2.86. The van der Waals surface area contributed by atoms with Crippen molar-refractivity contribution in [2.24, 2.45) is 0 Å². The van der Waals surface area contributed by atoms with Gasteiger partial charge in [-0.05, 0) is 24.6 Å². The van der Waals surface area contributed by atoms with Crippen LogP contribution in [-0.4, -0.2) is 4.98 Å². The van der Waals surface area contributed by atoms with Gasteiger partial charge in [0.1, 0.15) is 0 Å². The van der Waals surface area contributed by atoms with E-state index in [0.717, 1.165) is 11.1 Å². The Morgan fingerprint density at radius 2 is 2.17 bits per heavy atom. The zero-order valence-electron chi connectivity index (χ0n) is 6.69. The normalized spacial score (nSPS) is 10.8. The molecule has 0 aliphatic carbocycles. The van der Waals surface area contributed by atoms with E-state index in [9.17, 15) is 4.39 Å². The van der Waals surface area contributed by atoms with Gasteiger partial charge in [0.05, 0.1) is 5.69 Å². The molecule has 0 unspecified atom stereocenters. The molecule has 2 rings (SSSR count). The van der Waals surface area contributed by atoms with E-state index >= 15 is 0 Å². The summed E-state index contributed by atoms with van der Waals surface area (Å²) < 4.78 is 13.3. The Hall–Kier alpha value is -1.51. The third-order valence-corrected chi connectivity index (χ3v) is 2.01. The fourth-order valence-electron chi connectivity index (χ4n) is 1.36. The van der Waals surface area contributed by atoms with Crippen LogP contribution in [0.2, 0.25) is 0 Å². The Kier molecular flexibility index (Phi) is 1.33. The van der Waals surface area contributed by atoms with Gasteiger partial charge in [-0.2, -0.15) is 0 Å². The maximum absolute atomic E-state index is 13.3. The summed E-state index contributed by atoms with van der Waals surface area (Å²) in [6, 6.07) is 3.34. The lowest BCUT2D eigenvalue weighted by atomic mass is 10.1. The number of aryl methyl sites for hydroxylation is 1. The molecule has 2 nitrogen and oxygen atoms in total. The van der Waals surface area contributed by atoms with Crippen LogP contribution in [0.3, 0.4) is 0 Å². The molecule has 1 aromatic carbocycles. The minimum Gasteiger partial charge on any atom is -0.396 e. The van der Waals surface area contributed by atoms with Gasteiger partial charge in [-0.15, -0.1) is 0 Å². The van der Waals surface area contributed by atoms with Crippen molar-refractivity contribution in [1.82, 2.24) is 4.98 Å². The maximum atomic E-state index is 13.3. The van der Waals surface area contributed by atoms with Gasteiger partial charge in [-0.25, -0.2) is 4.39 Å². The third kappa shape index (κ3) is 0.794. The Morgan fingerprint density at radius 1 is 1.42 bits per heavy atom. The second kappa shape index (κ2) is 2.24. The number of fused-ring (bicyclic) bond motifs is 1. The van der Waals surface area contributed by atoms with Gasteiger partial charge < -0.3 is 10.7 Å². The molecule has 1 heterocycles. The number of hydrogen-bond donors (Lipinski definition) is 2. The Morgan fingerprint density at radius 3 is 2.92 bits per heavy atom. The first-order chi connectivity index (χ1) is 5.70. The summed E-state index contributed by atoms with van der Waals surface area (Å²) in [6.07, 6.45) is 1.77. The first-order valence-corrected chi connectivity index (χ1v) is 3.72. The van der Waals surface area contributed by atoms with Crippen molar-refractivity contribution in [3.8, 4) is 0 Å². The molecule has 0 saturated carbocycles. The maximum Gasteiger partial charge on any atom is 0.155 e. The largest absolute Gasteiger partial charge is 0.396 e. The van der Waals surface area contributed by atoms with Gasteiger partial charge in [-0.3, -0.25) is 0 Å². The number of H-pyrrole nitrogens is 1. The number of halogens is 1. The molecule has 0 aliphatic rings. The molecular formula is C9H9FN2. The molecule has 1 aromatic heterocycles. The molecule has 3 N–H and O–H groups in total. The third-order valence-electron chi connectivity index (χ3n) is 2.01. The van der Waals surface area contributed by atoms with Crippen LogP contribution in [0.25, 0.3) is 10.9 Å². The van der Waals surface area contributed by atoms with Crippen LogP contribution in [0.1, 0.15) is 5.56 Å². The smallest absolute Gasteiger partial charge is 0.155 e. The number of anilines is 1. The summed E-state index contributed by atoms with van der Waals surface area (Å²) in [4.78, 5) is 2.96. The minimum absolute atomic E-state index is 0.199. The van der Waals surface area contributed by atoms with Crippen LogP contribution in [0, 0.1) is 12.7 Å². The lowest BCUT2D eigenvalue weighted by Gasteiger charge is -1.97. The highest BCUT2D eigenvalue weighted by Gasteiger charge is 2.07. The average molecular weight is 164 g/mol. The van der Waals surface area contributed by atoms with E-state index in [1.807, 2.05) is 6.92 Å². The van der Waals surface area contributed by atoms with E-state index in [1.54, 1.807) is 18.3 Å². The average Bonchev–Trinajstić information content (AvgIpc) is 2.41. The number of rotatable bonds is 0. The highest BCUT2D eigenvalue weighted by molar-refractivity contribution is 5.86. The predicted molar refractivity (Wildman–Crippen MR) is 47.4 cm³/mol.